The van der Waals surface area contributed by atoms with Gasteiger partial charge in [0.15, 0.2) is 8.68 Å². The van der Waals surface area contributed by atoms with Crippen molar-refractivity contribution in [2.24, 2.45) is 0 Å². The van der Waals surface area contributed by atoms with Crippen LogP contribution in [-0.2, 0) is 9.53 Å². The van der Waals surface area contributed by atoms with Gasteiger partial charge in [-0.3, -0.25) is 4.79 Å². The number of halogens is 9. The van der Waals surface area contributed by atoms with Gasteiger partial charge in [-0.05, 0) is 0 Å². The van der Waals surface area contributed by atoms with Gasteiger partial charge in [0.1, 0.15) is 0 Å². The van der Waals surface area contributed by atoms with Gasteiger partial charge < -0.3 is 4.74 Å². The summed E-state index contributed by atoms with van der Waals surface area (Å²) in [5.41, 5.74) is 0. The summed E-state index contributed by atoms with van der Waals surface area (Å²) in [5, 5.41) is 7.00. The second-order valence-corrected chi connectivity index (χ2v) is 7.39. The lowest BCUT2D eigenvalue weighted by Gasteiger charge is -2.33. The second kappa shape index (κ2) is 8.00. The summed E-state index contributed by atoms with van der Waals surface area (Å²) in [6.07, 6.45) is -9.12. The Balaban J connectivity index is 2.57. The zero-order chi connectivity index (χ0) is 20.4. The van der Waals surface area contributed by atoms with E-state index < -0.39 is 48.7 Å². The number of rotatable bonds is 8. The topological polar surface area (TPSA) is 52.1 Å². The smallest absolute Gasteiger partial charge is 0.460 e. The Morgan fingerprint density at radius 2 is 1.62 bits per heavy atom. The number of hydrogen-bond donors (Lipinski definition) is 1. The SMILES string of the molecule is O=C(CSc1nnc(S)s1)OCCC(F)(F)C(F)(F)C(F)(F)C(F)(F)F. The van der Waals surface area contributed by atoms with E-state index in [9.17, 15) is 44.3 Å². The van der Waals surface area contributed by atoms with Crippen LogP contribution in [0.4, 0.5) is 39.5 Å². The van der Waals surface area contributed by atoms with Gasteiger partial charge in [-0.15, -0.1) is 22.8 Å². The van der Waals surface area contributed by atoms with Gasteiger partial charge in [0.2, 0.25) is 0 Å². The summed E-state index contributed by atoms with van der Waals surface area (Å²) in [6, 6.07) is 0. The van der Waals surface area contributed by atoms with Crippen LogP contribution in [-0.4, -0.2) is 52.5 Å². The molecular formula is C10H7F9N2O2S3. The van der Waals surface area contributed by atoms with Crippen LogP contribution in [0.25, 0.3) is 0 Å². The third-order valence-corrected chi connectivity index (χ3v) is 4.79. The molecule has 0 aromatic carbocycles. The number of hydrogen-bond acceptors (Lipinski definition) is 7. The van der Waals surface area contributed by atoms with Crippen molar-refractivity contribution in [1.29, 1.82) is 0 Å². The maximum absolute atomic E-state index is 13.2. The van der Waals surface area contributed by atoms with E-state index in [4.69, 9.17) is 0 Å². The summed E-state index contributed by atoms with van der Waals surface area (Å²) in [7, 11) is 0. The Morgan fingerprint density at radius 1 is 1.04 bits per heavy atom. The highest BCUT2D eigenvalue weighted by atomic mass is 32.2. The summed E-state index contributed by atoms with van der Waals surface area (Å²) in [6.45, 7) is -1.50. The van der Waals surface area contributed by atoms with Crippen molar-refractivity contribution in [3.05, 3.63) is 0 Å². The van der Waals surface area contributed by atoms with E-state index in [0.29, 0.717) is 0 Å². The van der Waals surface area contributed by atoms with Gasteiger partial charge in [-0.25, -0.2) is 0 Å². The molecule has 1 rings (SSSR count). The fourth-order valence-electron chi connectivity index (χ4n) is 1.28. The van der Waals surface area contributed by atoms with E-state index in [-0.39, 0.29) is 8.68 Å². The molecule has 0 bridgehead atoms. The minimum Gasteiger partial charge on any atom is -0.465 e. The third-order valence-electron chi connectivity index (χ3n) is 2.60. The molecule has 1 aromatic heterocycles. The molecule has 16 heteroatoms. The molecule has 0 aliphatic heterocycles. The van der Waals surface area contributed by atoms with E-state index in [1.807, 2.05) is 0 Å². The molecule has 4 nitrogen and oxygen atoms in total. The molecule has 26 heavy (non-hydrogen) atoms. The number of nitrogens with zero attached hydrogens (tertiary/aromatic N) is 2. The van der Waals surface area contributed by atoms with Gasteiger partial charge in [0, 0.05) is 0 Å². The molecule has 0 saturated carbocycles. The maximum Gasteiger partial charge on any atom is 0.460 e. The lowest BCUT2D eigenvalue weighted by Crippen LogP contribution is -2.61. The minimum absolute atomic E-state index is 0.244. The molecule has 0 atom stereocenters. The Kier molecular flexibility index (Phi) is 7.12. The molecular weight excluding hydrogens is 447 g/mol. The molecule has 0 spiro atoms. The number of thioether (sulfide) groups is 1. The van der Waals surface area contributed by atoms with Gasteiger partial charge >= 0.3 is 29.9 Å². The summed E-state index contributed by atoms with van der Waals surface area (Å²) in [5.74, 6) is -21.2. The second-order valence-electron chi connectivity index (χ2n) is 4.46. The first-order valence-corrected chi connectivity index (χ1v) is 8.38. The van der Waals surface area contributed by atoms with Crippen LogP contribution >= 0.6 is 35.7 Å². The molecule has 0 N–H and O–H groups in total. The van der Waals surface area contributed by atoms with Crippen molar-refractivity contribution in [2.75, 3.05) is 12.4 Å². The largest absolute Gasteiger partial charge is 0.465 e. The van der Waals surface area contributed by atoms with Crippen LogP contribution < -0.4 is 0 Å². The van der Waals surface area contributed by atoms with Crippen molar-refractivity contribution in [3.63, 3.8) is 0 Å². The van der Waals surface area contributed by atoms with Crippen molar-refractivity contribution < 1.29 is 49.0 Å². The first-order valence-electron chi connectivity index (χ1n) is 6.13. The van der Waals surface area contributed by atoms with E-state index >= 15 is 0 Å². The zero-order valence-corrected chi connectivity index (χ0v) is 14.5. The first-order chi connectivity index (χ1) is 11.6. The molecule has 0 aliphatic carbocycles. The maximum atomic E-state index is 13.2. The van der Waals surface area contributed by atoms with Crippen LogP contribution in [0.5, 0.6) is 0 Å². The highest BCUT2D eigenvalue weighted by Crippen LogP contribution is 2.53. The number of thiol groups is 1. The molecule has 1 aromatic rings. The highest BCUT2D eigenvalue weighted by molar-refractivity contribution is 8.01. The van der Waals surface area contributed by atoms with Gasteiger partial charge in [-0.2, -0.15) is 39.5 Å². The minimum atomic E-state index is -6.97. The van der Waals surface area contributed by atoms with E-state index in [1.54, 1.807) is 0 Å². The van der Waals surface area contributed by atoms with Crippen molar-refractivity contribution in [2.45, 2.75) is 39.0 Å². The fraction of sp³-hybridized carbons (Fsp3) is 0.700. The highest BCUT2D eigenvalue weighted by Gasteiger charge is 2.81. The first kappa shape index (κ1) is 23.1. The molecule has 1 heterocycles. The average molecular weight is 454 g/mol. The van der Waals surface area contributed by atoms with Crippen LogP contribution in [0.1, 0.15) is 6.42 Å². The molecule has 0 unspecified atom stereocenters. The lowest BCUT2D eigenvalue weighted by molar-refractivity contribution is -0.397. The van der Waals surface area contributed by atoms with E-state index in [0.717, 1.165) is 23.1 Å². The summed E-state index contributed by atoms with van der Waals surface area (Å²) in [4.78, 5) is 11.2. The van der Waals surface area contributed by atoms with E-state index in [1.165, 1.54) is 0 Å². The number of ether oxygens (including phenoxy) is 1. The van der Waals surface area contributed by atoms with Crippen molar-refractivity contribution in [3.8, 4) is 0 Å². The Bertz CT molecular complexity index is 636. The van der Waals surface area contributed by atoms with Crippen LogP contribution in [0.3, 0.4) is 0 Å². The predicted molar refractivity (Wildman–Crippen MR) is 74.4 cm³/mol. The van der Waals surface area contributed by atoms with Gasteiger partial charge in [0.05, 0.1) is 18.8 Å². The number of carbonyl (C=O) groups excluding carboxylic acids is 1. The predicted octanol–water partition coefficient (Wildman–Crippen LogP) is 4.32. The molecule has 0 amide bonds. The standard InChI is InChI=1S/C10H7F9N2O2S3/c11-7(12,8(13,14)9(15,16)10(17,18)19)1-2-23-4(22)3-25-6-21-20-5(24)26-6/h1-3H2,(H,20,24). The summed E-state index contributed by atoms with van der Waals surface area (Å²) >= 11 is 5.52. The van der Waals surface area contributed by atoms with Crippen LogP contribution in [0.15, 0.2) is 8.68 Å². The molecule has 0 radical (unpaired) electrons. The number of aromatic nitrogens is 2. The molecule has 0 fully saturated rings. The van der Waals surface area contributed by atoms with E-state index in [2.05, 4.69) is 27.6 Å². The quantitative estimate of drug-likeness (QED) is 0.275. The molecule has 0 aliphatic rings. The Labute approximate surface area is 152 Å². The van der Waals surface area contributed by atoms with Crippen LogP contribution in [0.2, 0.25) is 0 Å². The monoisotopic (exact) mass is 454 g/mol. The van der Waals surface area contributed by atoms with Crippen LogP contribution in [0, 0.1) is 0 Å². The van der Waals surface area contributed by atoms with Gasteiger partial charge in [-0.1, -0.05) is 23.1 Å². The van der Waals surface area contributed by atoms with Crippen molar-refractivity contribution in [1.82, 2.24) is 10.2 Å². The fourth-order valence-corrected chi connectivity index (χ4v) is 3.16. The summed E-state index contributed by atoms with van der Waals surface area (Å²) < 4.78 is 118. The number of esters is 1. The number of carbonyl (C=O) groups is 1. The zero-order valence-electron chi connectivity index (χ0n) is 12.0. The Hall–Kier alpha value is -0.900. The number of alkyl halides is 9. The third kappa shape index (κ3) is 5.09. The van der Waals surface area contributed by atoms with Crippen molar-refractivity contribution >= 4 is 41.7 Å². The molecule has 150 valence electrons. The average Bonchev–Trinajstić information content (AvgIpc) is 2.89. The normalized spacial score (nSPS) is 13.8. The van der Waals surface area contributed by atoms with Gasteiger partial charge in [0.25, 0.3) is 0 Å². The lowest BCUT2D eigenvalue weighted by atomic mass is 10.0. The Morgan fingerprint density at radius 3 is 2.08 bits per heavy atom. The molecule has 0 saturated heterocycles.